The molecule has 0 radical (unpaired) electrons. The topological polar surface area (TPSA) is 88.4 Å². The fourth-order valence-electron chi connectivity index (χ4n) is 5.50. The number of carbonyl (C=O) groups is 1. The molecule has 9 nitrogen and oxygen atoms in total. The number of ether oxygens (including phenoxy) is 1. The van der Waals surface area contributed by atoms with Gasteiger partial charge >= 0.3 is 6.03 Å². The first-order chi connectivity index (χ1) is 17.7. The van der Waals surface area contributed by atoms with Crippen molar-refractivity contribution in [2.45, 2.75) is 18.7 Å². The van der Waals surface area contributed by atoms with Gasteiger partial charge in [0, 0.05) is 49.7 Å². The second kappa shape index (κ2) is 8.27. The number of anilines is 1. The van der Waals surface area contributed by atoms with Crippen molar-refractivity contribution in [2.24, 2.45) is 0 Å². The number of aromatic nitrogens is 4. The summed E-state index contributed by atoms with van der Waals surface area (Å²) in [4.78, 5) is 29.9. The second-order valence-corrected chi connectivity index (χ2v) is 9.40. The molecule has 3 aliphatic heterocycles. The Hall–Kier alpha value is -4.05. The Morgan fingerprint density at radius 2 is 1.92 bits per heavy atom. The van der Waals surface area contributed by atoms with Gasteiger partial charge in [-0.25, -0.2) is 24.1 Å². The van der Waals surface area contributed by atoms with Crippen LogP contribution in [0.4, 0.5) is 15.1 Å². The Morgan fingerprint density at radius 1 is 1.06 bits per heavy atom. The summed E-state index contributed by atoms with van der Waals surface area (Å²) < 4.78 is 22.5. The number of rotatable bonds is 3. The normalized spacial score (nSPS) is 21.4. The molecule has 0 spiro atoms. The van der Waals surface area contributed by atoms with Gasteiger partial charge in [-0.15, -0.1) is 0 Å². The quantitative estimate of drug-likeness (QED) is 0.480. The molecule has 2 amide bonds. The van der Waals surface area contributed by atoms with Crippen LogP contribution in [0, 0.1) is 5.82 Å². The lowest BCUT2D eigenvalue weighted by Crippen LogP contribution is -2.52. The Labute approximate surface area is 206 Å². The summed E-state index contributed by atoms with van der Waals surface area (Å²) in [5.41, 5.74) is 4.22. The van der Waals surface area contributed by atoms with Gasteiger partial charge in [0.15, 0.2) is 0 Å². The molecule has 2 aromatic carbocycles. The van der Waals surface area contributed by atoms with E-state index in [0.29, 0.717) is 50.9 Å². The molecule has 2 saturated heterocycles. The molecule has 2 unspecified atom stereocenters. The molecule has 5 heterocycles. The number of nitrogens with zero attached hydrogens (tertiary/aromatic N) is 6. The van der Waals surface area contributed by atoms with E-state index in [2.05, 4.69) is 30.8 Å². The third kappa shape index (κ3) is 3.40. The largest absolute Gasteiger partial charge is 0.371 e. The Kier molecular flexibility index (Phi) is 4.88. The summed E-state index contributed by atoms with van der Waals surface area (Å²) in [7, 11) is 0. The van der Waals surface area contributed by atoms with Crippen molar-refractivity contribution in [3.63, 3.8) is 0 Å². The number of urea groups is 1. The molecule has 3 aliphatic rings. The van der Waals surface area contributed by atoms with Gasteiger partial charge in [-0.1, -0.05) is 24.3 Å². The van der Waals surface area contributed by atoms with Crippen LogP contribution in [0.2, 0.25) is 0 Å². The maximum absolute atomic E-state index is 14.7. The summed E-state index contributed by atoms with van der Waals surface area (Å²) >= 11 is 0. The molecule has 2 aromatic heterocycles. The number of halogens is 1. The predicted octanol–water partition coefficient (Wildman–Crippen LogP) is 2.97. The van der Waals surface area contributed by atoms with Gasteiger partial charge in [-0.2, -0.15) is 0 Å². The predicted molar refractivity (Wildman–Crippen MR) is 131 cm³/mol. The number of nitrogens with one attached hydrogen (secondary N) is 1. The highest BCUT2D eigenvalue weighted by molar-refractivity contribution is 5.83. The maximum atomic E-state index is 14.7. The zero-order valence-corrected chi connectivity index (χ0v) is 19.5. The monoisotopic (exact) mass is 485 g/mol. The molecular formula is C26H24FN7O2. The van der Waals surface area contributed by atoms with Gasteiger partial charge in [0.1, 0.15) is 18.2 Å². The summed E-state index contributed by atoms with van der Waals surface area (Å²) in [6.07, 6.45) is 3.66. The van der Waals surface area contributed by atoms with Crippen molar-refractivity contribution in [3.8, 4) is 11.1 Å². The standard InChI is InChI=1S/C26H24FN7O2/c27-20-4-2-1-3-19(20)23-14-36-15-24-31-21-6-5-16(9-22(21)34(23)24)17-10-28-25(29-11-17)32-7-8-33-18(13-32)12-30-26(33)35/h1-6,9-11,18,23H,7-8,12-15H2,(H,30,35). The van der Waals surface area contributed by atoms with Crippen LogP contribution in [0.5, 0.6) is 0 Å². The van der Waals surface area contributed by atoms with E-state index in [0.717, 1.165) is 28.0 Å². The molecule has 7 rings (SSSR count). The van der Waals surface area contributed by atoms with E-state index in [9.17, 15) is 9.18 Å². The number of hydrogen-bond acceptors (Lipinski definition) is 6. The van der Waals surface area contributed by atoms with E-state index in [4.69, 9.17) is 9.72 Å². The molecule has 10 heteroatoms. The molecule has 0 saturated carbocycles. The Bertz CT molecular complexity index is 1470. The number of benzene rings is 2. The number of hydrogen-bond donors (Lipinski definition) is 1. The van der Waals surface area contributed by atoms with Gasteiger partial charge < -0.3 is 24.4 Å². The molecule has 2 fully saturated rings. The fraction of sp³-hybridized carbons (Fsp3) is 0.308. The lowest BCUT2D eigenvalue weighted by molar-refractivity contribution is 0.0670. The van der Waals surface area contributed by atoms with E-state index in [1.807, 2.05) is 35.5 Å². The Balaban J connectivity index is 1.20. The van der Waals surface area contributed by atoms with Crippen LogP contribution < -0.4 is 10.2 Å². The van der Waals surface area contributed by atoms with Crippen LogP contribution in [0.25, 0.3) is 22.2 Å². The summed E-state index contributed by atoms with van der Waals surface area (Å²) in [6, 6.07) is 12.7. The van der Waals surface area contributed by atoms with Gasteiger partial charge in [0.25, 0.3) is 0 Å². The summed E-state index contributed by atoms with van der Waals surface area (Å²) in [5.74, 6) is 1.20. The molecule has 2 atom stereocenters. The average molecular weight is 486 g/mol. The van der Waals surface area contributed by atoms with Crippen LogP contribution in [0.1, 0.15) is 17.4 Å². The molecular weight excluding hydrogens is 461 g/mol. The number of fused-ring (bicyclic) bond motifs is 4. The van der Waals surface area contributed by atoms with Crippen LogP contribution in [-0.2, 0) is 11.3 Å². The smallest absolute Gasteiger partial charge is 0.317 e. The summed E-state index contributed by atoms with van der Waals surface area (Å²) in [6.45, 7) is 3.51. The molecule has 4 aromatic rings. The Morgan fingerprint density at radius 3 is 2.78 bits per heavy atom. The van der Waals surface area contributed by atoms with Crippen molar-refractivity contribution < 1.29 is 13.9 Å². The molecule has 0 aliphatic carbocycles. The summed E-state index contributed by atoms with van der Waals surface area (Å²) in [5, 5.41) is 2.90. The van der Waals surface area contributed by atoms with Crippen molar-refractivity contribution >= 4 is 23.0 Å². The lowest BCUT2D eigenvalue weighted by Gasteiger charge is -2.36. The highest BCUT2D eigenvalue weighted by atomic mass is 19.1. The average Bonchev–Trinajstić information content (AvgIpc) is 3.48. The number of piperazine rings is 1. The first kappa shape index (κ1) is 21.3. The van der Waals surface area contributed by atoms with Crippen LogP contribution in [-0.4, -0.2) is 69.3 Å². The fourth-order valence-corrected chi connectivity index (χ4v) is 5.50. The number of imidazole rings is 1. The van der Waals surface area contributed by atoms with E-state index >= 15 is 0 Å². The molecule has 36 heavy (non-hydrogen) atoms. The molecule has 1 N–H and O–H groups in total. The first-order valence-corrected chi connectivity index (χ1v) is 12.1. The van der Waals surface area contributed by atoms with Gasteiger partial charge in [-0.3, -0.25) is 0 Å². The first-order valence-electron chi connectivity index (χ1n) is 12.1. The molecule has 182 valence electrons. The van der Waals surface area contributed by atoms with E-state index in [-0.39, 0.29) is 23.9 Å². The van der Waals surface area contributed by atoms with Crippen LogP contribution in [0.3, 0.4) is 0 Å². The van der Waals surface area contributed by atoms with Crippen LogP contribution >= 0.6 is 0 Å². The second-order valence-electron chi connectivity index (χ2n) is 9.40. The zero-order valence-electron chi connectivity index (χ0n) is 19.5. The minimum atomic E-state index is -0.288. The maximum Gasteiger partial charge on any atom is 0.317 e. The van der Waals surface area contributed by atoms with Crippen LogP contribution in [0.15, 0.2) is 54.9 Å². The van der Waals surface area contributed by atoms with E-state index in [1.165, 1.54) is 6.07 Å². The number of amides is 2. The van der Waals surface area contributed by atoms with Gasteiger partial charge in [0.2, 0.25) is 5.95 Å². The van der Waals surface area contributed by atoms with Gasteiger partial charge in [0.05, 0.1) is 29.7 Å². The highest BCUT2D eigenvalue weighted by Gasteiger charge is 2.36. The molecule has 0 bridgehead atoms. The van der Waals surface area contributed by atoms with Crippen molar-refractivity contribution in [1.82, 2.24) is 29.7 Å². The third-order valence-corrected chi connectivity index (χ3v) is 7.33. The SMILES string of the molecule is O=C1NCC2CN(c3ncc(-c4ccc5nc6n(c5c4)C(c4ccccc4F)COC6)cn3)CCN12. The van der Waals surface area contributed by atoms with Crippen molar-refractivity contribution in [1.29, 1.82) is 0 Å². The number of carbonyl (C=O) groups excluding carboxylic acids is 1. The minimum absolute atomic E-state index is 0.0113. The van der Waals surface area contributed by atoms with Gasteiger partial charge in [-0.05, 0) is 23.8 Å². The highest BCUT2D eigenvalue weighted by Crippen LogP contribution is 2.33. The third-order valence-electron chi connectivity index (χ3n) is 7.33. The minimum Gasteiger partial charge on any atom is -0.371 e. The van der Waals surface area contributed by atoms with E-state index < -0.39 is 0 Å². The van der Waals surface area contributed by atoms with Crippen molar-refractivity contribution in [3.05, 3.63) is 72.1 Å². The lowest BCUT2D eigenvalue weighted by atomic mass is 10.0. The van der Waals surface area contributed by atoms with E-state index in [1.54, 1.807) is 12.1 Å². The van der Waals surface area contributed by atoms with Crippen molar-refractivity contribution in [2.75, 3.05) is 37.7 Å². The zero-order chi connectivity index (χ0) is 24.2.